The number of rotatable bonds is 5. The number of nitrogens with one attached hydrogen (secondary N) is 1. The van der Waals surface area contributed by atoms with Gasteiger partial charge in [0.25, 0.3) is 5.91 Å². The van der Waals surface area contributed by atoms with E-state index < -0.39 is 0 Å². The summed E-state index contributed by atoms with van der Waals surface area (Å²) in [4.78, 5) is 15.1. The Bertz CT molecular complexity index is 802. The number of hydrogen-bond donors (Lipinski definition) is 2. The van der Waals surface area contributed by atoms with E-state index in [1.54, 1.807) is 6.07 Å². The van der Waals surface area contributed by atoms with Gasteiger partial charge < -0.3 is 15.8 Å². The molecule has 0 spiro atoms. The molecule has 0 radical (unpaired) electrons. The molecule has 3 rings (SSSR count). The van der Waals surface area contributed by atoms with Gasteiger partial charge in [-0.3, -0.25) is 9.69 Å². The van der Waals surface area contributed by atoms with Crippen LogP contribution in [-0.4, -0.2) is 42.5 Å². The number of nitrogen functional groups attached to an aromatic ring is 1. The number of ether oxygens (including phenoxy) is 1. The quantitative estimate of drug-likeness (QED) is 0.634. The Morgan fingerprint density at radius 1 is 1.25 bits per heavy atom. The number of methoxy groups -OCH3 is 1. The second kappa shape index (κ2) is 11.6. The Morgan fingerprint density at radius 2 is 1.96 bits per heavy atom. The van der Waals surface area contributed by atoms with Gasteiger partial charge in [0.2, 0.25) is 0 Å². The van der Waals surface area contributed by atoms with Crippen molar-refractivity contribution >= 4 is 65.5 Å². The highest BCUT2D eigenvalue weighted by Gasteiger charge is 2.16. The van der Waals surface area contributed by atoms with Crippen LogP contribution in [0, 0.1) is 0 Å². The molecule has 0 unspecified atom stereocenters. The Kier molecular flexibility index (Phi) is 10.3. The van der Waals surface area contributed by atoms with E-state index in [0.29, 0.717) is 22.0 Å². The number of anilines is 2. The van der Waals surface area contributed by atoms with Gasteiger partial charge in [0.15, 0.2) is 0 Å². The van der Waals surface area contributed by atoms with Gasteiger partial charge >= 0.3 is 0 Å². The van der Waals surface area contributed by atoms with E-state index in [-0.39, 0.29) is 30.7 Å². The normalized spacial score (nSPS) is 13.8. The molecule has 0 saturated carbocycles. The lowest BCUT2D eigenvalue weighted by Gasteiger charge is -2.26. The van der Waals surface area contributed by atoms with Crippen molar-refractivity contribution in [3.05, 3.63) is 52.5 Å². The molecule has 2 aromatic rings. The highest BCUT2D eigenvalue weighted by molar-refractivity contribution is 7.99. The molecule has 154 valence electrons. The van der Waals surface area contributed by atoms with E-state index in [4.69, 9.17) is 22.1 Å². The molecule has 0 aromatic heterocycles. The lowest BCUT2D eigenvalue weighted by molar-refractivity contribution is 0.102. The van der Waals surface area contributed by atoms with Gasteiger partial charge in [-0.2, -0.15) is 11.8 Å². The van der Waals surface area contributed by atoms with E-state index in [0.717, 1.165) is 25.3 Å². The standard InChI is InChI=1S/C19H22ClN3O2S.2ClH/c1-25-18-11-17(21)16(20)10-15(18)19(24)22-14-4-2-3-13(9-14)12-23-5-7-26-8-6-23;;/h2-4,9-11H,5-8,12,21H2,1H3,(H,22,24);2*1H. The summed E-state index contributed by atoms with van der Waals surface area (Å²) in [7, 11) is 1.50. The molecule has 3 N–H and O–H groups in total. The van der Waals surface area contributed by atoms with Crippen LogP contribution < -0.4 is 15.8 Å². The second-order valence-electron chi connectivity index (χ2n) is 6.12. The molecule has 1 heterocycles. The summed E-state index contributed by atoms with van der Waals surface area (Å²) in [6.07, 6.45) is 0. The van der Waals surface area contributed by atoms with Crippen LogP contribution in [0.15, 0.2) is 36.4 Å². The molecule has 1 aliphatic heterocycles. The molecule has 0 atom stereocenters. The van der Waals surface area contributed by atoms with E-state index >= 15 is 0 Å². The molecular weight excluding hydrogens is 441 g/mol. The van der Waals surface area contributed by atoms with Gasteiger partial charge in [-0.05, 0) is 23.8 Å². The highest BCUT2D eigenvalue weighted by atomic mass is 35.5. The van der Waals surface area contributed by atoms with E-state index in [2.05, 4.69) is 16.3 Å². The minimum absolute atomic E-state index is 0. The molecule has 1 fully saturated rings. The first-order chi connectivity index (χ1) is 12.6. The number of benzene rings is 2. The van der Waals surface area contributed by atoms with Crippen LogP contribution in [0.5, 0.6) is 5.75 Å². The maximum Gasteiger partial charge on any atom is 0.259 e. The third-order valence-electron chi connectivity index (χ3n) is 4.26. The van der Waals surface area contributed by atoms with Gasteiger partial charge in [0, 0.05) is 42.9 Å². The molecule has 28 heavy (non-hydrogen) atoms. The Morgan fingerprint density at radius 3 is 2.64 bits per heavy atom. The fourth-order valence-electron chi connectivity index (χ4n) is 2.88. The fraction of sp³-hybridized carbons (Fsp3) is 0.316. The molecule has 0 aliphatic carbocycles. The number of halogens is 3. The zero-order chi connectivity index (χ0) is 18.5. The minimum Gasteiger partial charge on any atom is -0.496 e. The fourth-order valence-corrected chi connectivity index (χ4v) is 4.02. The average molecular weight is 465 g/mol. The molecule has 1 aliphatic rings. The summed E-state index contributed by atoms with van der Waals surface area (Å²) in [5, 5.41) is 3.24. The first-order valence-corrected chi connectivity index (χ1v) is 9.93. The summed E-state index contributed by atoms with van der Waals surface area (Å²) < 4.78 is 5.26. The van der Waals surface area contributed by atoms with E-state index in [1.807, 2.05) is 30.0 Å². The van der Waals surface area contributed by atoms with Crippen molar-refractivity contribution in [1.82, 2.24) is 4.90 Å². The monoisotopic (exact) mass is 463 g/mol. The average Bonchev–Trinajstić information content (AvgIpc) is 2.64. The number of thioether (sulfide) groups is 1. The number of amides is 1. The van der Waals surface area contributed by atoms with Gasteiger partial charge in [0.1, 0.15) is 5.75 Å². The van der Waals surface area contributed by atoms with Crippen LogP contribution >= 0.6 is 48.2 Å². The summed E-state index contributed by atoms with van der Waals surface area (Å²) in [6, 6.07) is 11.0. The lowest BCUT2D eigenvalue weighted by Crippen LogP contribution is -2.31. The highest BCUT2D eigenvalue weighted by Crippen LogP contribution is 2.29. The van der Waals surface area contributed by atoms with Gasteiger partial charge in [-0.25, -0.2) is 0 Å². The van der Waals surface area contributed by atoms with Crippen LogP contribution in [0.3, 0.4) is 0 Å². The first kappa shape index (κ1) is 24.7. The van der Waals surface area contributed by atoms with Crippen LogP contribution in [0.1, 0.15) is 15.9 Å². The van der Waals surface area contributed by atoms with Crippen molar-refractivity contribution < 1.29 is 9.53 Å². The zero-order valence-electron chi connectivity index (χ0n) is 15.4. The van der Waals surface area contributed by atoms with Crippen molar-refractivity contribution in [1.29, 1.82) is 0 Å². The van der Waals surface area contributed by atoms with Crippen LogP contribution in [0.2, 0.25) is 5.02 Å². The molecular formula is C19H24Cl3N3O2S. The smallest absolute Gasteiger partial charge is 0.259 e. The third-order valence-corrected chi connectivity index (χ3v) is 5.53. The van der Waals surface area contributed by atoms with Crippen molar-refractivity contribution in [2.75, 3.05) is 42.8 Å². The lowest BCUT2D eigenvalue weighted by atomic mass is 10.1. The Labute approximate surface area is 187 Å². The molecule has 0 bridgehead atoms. The van der Waals surface area contributed by atoms with Gasteiger partial charge in [-0.15, -0.1) is 24.8 Å². The molecule has 1 saturated heterocycles. The molecule has 2 aromatic carbocycles. The number of carbonyl (C=O) groups is 1. The van der Waals surface area contributed by atoms with Crippen molar-refractivity contribution in [2.45, 2.75) is 6.54 Å². The van der Waals surface area contributed by atoms with Crippen molar-refractivity contribution in [3.8, 4) is 5.75 Å². The maximum atomic E-state index is 12.7. The largest absolute Gasteiger partial charge is 0.496 e. The Balaban J connectivity index is 0.00000196. The topological polar surface area (TPSA) is 67.6 Å². The van der Waals surface area contributed by atoms with E-state index in [1.165, 1.54) is 30.2 Å². The van der Waals surface area contributed by atoms with Crippen molar-refractivity contribution in [3.63, 3.8) is 0 Å². The summed E-state index contributed by atoms with van der Waals surface area (Å²) in [5.74, 6) is 2.46. The summed E-state index contributed by atoms with van der Waals surface area (Å²) in [5.41, 5.74) is 8.43. The number of hydrogen-bond acceptors (Lipinski definition) is 5. The van der Waals surface area contributed by atoms with Crippen LogP contribution in [0.25, 0.3) is 0 Å². The predicted octanol–water partition coefficient (Wildman–Crippen LogP) is 4.58. The van der Waals surface area contributed by atoms with E-state index in [9.17, 15) is 4.79 Å². The third kappa shape index (κ3) is 6.36. The predicted molar refractivity (Wildman–Crippen MR) is 124 cm³/mol. The number of nitrogens with two attached hydrogens (primary N) is 1. The van der Waals surface area contributed by atoms with Gasteiger partial charge in [0.05, 0.1) is 23.4 Å². The molecule has 5 nitrogen and oxygen atoms in total. The van der Waals surface area contributed by atoms with Gasteiger partial charge in [-0.1, -0.05) is 23.7 Å². The van der Waals surface area contributed by atoms with Crippen LogP contribution in [0.4, 0.5) is 11.4 Å². The zero-order valence-corrected chi connectivity index (χ0v) is 18.6. The molecule has 1 amide bonds. The molecule has 9 heteroatoms. The maximum absolute atomic E-state index is 12.7. The SMILES string of the molecule is COc1cc(N)c(Cl)cc1C(=O)Nc1cccc(CN2CCSCC2)c1.Cl.Cl. The summed E-state index contributed by atoms with van der Waals surface area (Å²) >= 11 is 8.05. The number of carbonyl (C=O) groups excluding carboxylic acids is 1. The van der Waals surface area contributed by atoms with Crippen LogP contribution in [-0.2, 0) is 6.54 Å². The second-order valence-corrected chi connectivity index (χ2v) is 7.75. The summed E-state index contributed by atoms with van der Waals surface area (Å²) in [6.45, 7) is 3.09. The Hall–Kier alpha value is -1.31. The number of nitrogens with zero attached hydrogens (tertiary/aromatic N) is 1. The first-order valence-electron chi connectivity index (χ1n) is 8.40. The minimum atomic E-state index is -0.282. The van der Waals surface area contributed by atoms with Crippen molar-refractivity contribution in [2.24, 2.45) is 0 Å².